The Morgan fingerprint density at radius 3 is 2.18 bits per heavy atom. The highest BCUT2D eigenvalue weighted by Crippen LogP contribution is 2.21. The highest BCUT2D eigenvalue weighted by Gasteiger charge is 2.25. The highest BCUT2D eigenvalue weighted by molar-refractivity contribution is 7.89. The maximum atomic E-state index is 12.6. The van der Waals surface area contributed by atoms with Gasteiger partial charge in [0, 0.05) is 25.0 Å². The maximum absolute atomic E-state index is 12.6. The highest BCUT2D eigenvalue weighted by atomic mass is 32.2. The van der Waals surface area contributed by atoms with Crippen molar-refractivity contribution < 1.29 is 18.0 Å². The second kappa shape index (κ2) is 9.52. The summed E-state index contributed by atoms with van der Waals surface area (Å²) in [6.07, 6.45) is 3.60. The molecule has 0 unspecified atom stereocenters. The SMILES string of the molecule is CC(C)(C)NC(=O)CNC(=O)CCc1ccc(S(=O)(=O)N2CCCCC2)cc1. The third kappa shape index (κ3) is 6.91. The number of aryl methyl sites for hydroxylation is 1. The average Bonchev–Trinajstić information content (AvgIpc) is 2.64. The molecule has 2 N–H and O–H groups in total. The number of piperidine rings is 1. The molecular weight excluding hydrogens is 378 g/mol. The fourth-order valence-corrected chi connectivity index (χ4v) is 4.59. The number of rotatable bonds is 7. The lowest BCUT2D eigenvalue weighted by molar-refractivity contribution is -0.126. The van der Waals surface area contributed by atoms with Crippen molar-refractivity contribution in [3.63, 3.8) is 0 Å². The molecule has 0 spiro atoms. The standard InChI is InChI=1S/C20H31N3O4S/c1-20(2,3)22-19(25)15-21-18(24)12-9-16-7-10-17(11-8-16)28(26,27)23-13-5-4-6-14-23/h7-8,10-11H,4-6,9,12-15H2,1-3H3,(H,21,24)(H,22,25). The largest absolute Gasteiger partial charge is 0.350 e. The Morgan fingerprint density at radius 2 is 1.61 bits per heavy atom. The van der Waals surface area contributed by atoms with E-state index in [2.05, 4.69) is 10.6 Å². The third-order valence-corrected chi connectivity index (χ3v) is 6.39. The van der Waals surface area contributed by atoms with Crippen LogP contribution in [0.3, 0.4) is 0 Å². The zero-order valence-corrected chi connectivity index (χ0v) is 17.8. The van der Waals surface area contributed by atoms with Gasteiger partial charge >= 0.3 is 0 Å². The first-order chi connectivity index (χ1) is 13.1. The van der Waals surface area contributed by atoms with Crippen molar-refractivity contribution in [2.45, 2.75) is 63.3 Å². The molecular formula is C20H31N3O4S. The van der Waals surface area contributed by atoms with Crippen molar-refractivity contribution in [3.05, 3.63) is 29.8 Å². The molecule has 8 heteroatoms. The molecule has 1 aromatic rings. The normalized spacial score (nSPS) is 15.8. The molecule has 0 saturated carbocycles. The van der Waals surface area contributed by atoms with E-state index < -0.39 is 10.0 Å². The van der Waals surface area contributed by atoms with Crippen LogP contribution in [0.4, 0.5) is 0 Å². The van der Waals surface area contributed by atoms with E-state index >= 15 is 0 Å². The Kier molecular flexibility index (Phi) is 7.60. The summed E-state index contributed by atoms with van der Waals surface area (Å²) in [5.74, 6) is -0.442. The molecule has 2 rings (SSSR count). The van der Waals surface area contributed by atoms with E-state index in [1.807, 2.05) is 20.8 Å². The van der Waals surface area contributed by atoms with Crippen LogP contribution in [0.2, 0.25) is 0 Å². The fraction of sp³-hybridized carbons (Fsp3) is 0.600. The molecule has 1 fully saturated rings. The van der Waals surface area contributed by atoms with Gasteiger partial charge in [-0.05, 0) is 57.7 Å². The summed E-state index contributed by atoms with van der Waals surface area (Å²) >= 11 is 0. The quantitative estimate of drug-likeness (QED) is 0.718. The fourth-order valence-electron chi connectivity index (χ4n) is 3.07. The topological polar surface area (TPSA) is 95.6 Å². The summed E-state index contributed by atoms with van der Waals surface area (Å²) in [7, 11) is -3.43. The number of carbonyl (C=O) groups excluding carboxylic acids is 2. The molecule has 7 nitrogen and oxygen atoms in total. The molecule has 0 aromatic heterocycles. The van der Waals surface area contributed by atoms with E-state index in [0.29, 0.717) is 24.4 Å². The van der Waals surface area contributed by atoms with Gasteiger partial charge in [0.05, 0.1) is 11.4 Å². The minimum atomic E-state index is -3.43. The van der Waals surface area contributed by atoms with Gasteiger partial charge in [0.25, 0.3) is 0 Å². The van der Waals surface area contributed by atoms with Crippen LogP contribution in [0.5, 0.6) is 0 Å². The van der Waals surface area contributed by atoms with Gasteiger partial charge in [-0.3, -0.25) is 9.59 Å². The van der Waals surface area contributed by atoms with Gasteiger partial charge in [-0.25, -0.2) is 8.42 Å². The zero-order valence-electron chi connectivity index (χ0n) is 17.0. The number of amides is 2. The predicted octanol–water partition coefficient (Wildman–Crippen LogP) is 1.82. The van der Waals surface area contributed by atoms with Crippen LogP contribution >= 0.6 is 0 Å². The van der Waals surface area contributed by atoms with Crippen LogP contribution in [-0.2, 0) is 26.0 Å². The second-order valence-corrected chi connectivity index (χ2v) is 10.1. The second-order valence-electron chi connectivity index (χ2n) is 8.18. The summed E-state index contributed by atoms with van der Waals surface area (Å²) in [6, 6.07) is 6.70. The van der Waals surface area contributed by atoms with Gasteiger partial charge < -0.3 is 10.6 Å². The predicted molar refractivity (Wildman–Crippen MR) is 108 cm³/mol. The van der Waals surface area contributed by atoms with Crippen LogP contribution in [0.15, 0.2) is 29.2 Å². The minimum absolute atomic E-state index is 0.0525. The van der Waals surface area contributed by atoms with Gasteiger partial charge in [0.1, 0.15) is 0 Å². The van der Waals surface area contributed by atoms with E-state index in [-0.39, 0.29) is 30.3 Å². The van der Waals surface area contributed by atoms with E-state index in [4.69, 9.17) is 0 Å². The number of benzene rings is 1. The van der Waals surface area contributed by atoms with Gasteiger partial charge in [-0.15, -0.1) is 0 Å². The van der Waals surface area contributed by atoms with Crippen molar-refractivity contribution in [2.75, 3.05) is 19.6 Å². The monoisotopic (exact) mass is 409 g/mol. The van der Waals surface area contributed by atoms with E-state index in [0.717, 1.165) is 24.8 Å². The van der Waals surface area contributed by atoms with Gasteiger partial charge in [0.15, 0.2) is 0 Å². The van der Waals surface area contributed by atoms with Crippen molar-refractivity contribution in [1.29, 1.82) is 0 Å². The number of nitrogens with one attached hydrogen (secondary N) is 2. The summed E-state index contributed by atoms with van der Waals surface area (Å²) in [4.78, 5) is 23.9. The molecule has 0 aliphatic carbocycles. The van der Waals surface area contributed by atoms with Crippen molar-refractivity contribution in [3.8, 4) is 0 Å². The molecule has 0 radical (unpaired) electrons. The summed E-state index contributed by atoms with van der Waals surface area (Å²) < 4.78 is 26.8. The molecule has 2 amide bonds. The summed E-state index contributed by atoms with van der Waals surface area (Å²) in [6.45, 7) is 6.73. The lowest BCUT2D eigenvalue weighted by Gasteiger charge is -2.25. The molecule has 0 atom stereocenters. The average molecular weight is 410 g/mol. The minimum Gasteiger partial charge on any atom is -0.350 e. The number of nitrogens with zero attached hydrogens (tertiary/aromatic N) is 1. The third-order valence-electron chi connectivity index (χ3n) is 4.48. The lowest BCUT2D eigenvalue weighted by atomic mass is 10.1. The summed E-state index contributed by atoms with van der Waals surface area (Å²) in [5.41, 5.74) is 0.546. The van der Waals surface area contributed by atoms with Crippen molar-refractivity contribution >= 4 is 21.8 Å². The van der Waals surface area contributed by atoms with Crippen LogP contribution in [-0.4, -0.2) is 49.7 Å². The van der Waals surface area contributed by atoms with Crippen LogP contribution in [0, 0.1) is 0 Å². The van der Waals surface area contributed by atoms with Crippen molar-refractivity contribution in [1.82, 2.24) is 14.9 Å². The Labute approximate surface area is 167 Å². The van der Waals surface area contributed by atoms with Crippen molar-refractivity contribution in [2.24, 2.45) is 0 Å². The van der Waals surface area contributed by atoms with Gasteiger partial charge in [-0.2, -0.15) is 4.31 Å². The molecule has 1 aliphatic rings. The Balaban J connectivity index is 1.82. The van der Waals surface area contributed by atoms with Crippen LogP contribution in [0.1, 0.15) is 52.0 Å². The number of hydrogen-bond donors (Lipinski definition) is 2. The van der Waals surface area contributed by atoms with E-state index in [9.17, 15) is 18.0 Å². The Hall–Kier alpha value is -1.93. The summed E-state index contributed by atoms with van der Waals surface area (Å²) in [5, 5.41) is 5.38. The molecule has 1 saturated heterocycles. The van der Waals surface area contributed by atoms with Gasteiger partial charge in [0.2, 0.25) is 21.8 Å². The van der Waals surface area contributed by atoms with E-state index in [1.165, 1.54) is 0 Å². The zero-order chi connectivity index (χ0) is 20.8. The number of sulfonamides is 1. The smallest absolute Gasteiger partial charge is 0.243 e. The number of carbonyl (C=O) groups is 2. The first-order valence-corrected chi connectivity index (χ1v) is 11.2. The van der Waals surface area contributed by atoms with Crippen LogP contribution in [0.25, 0.3) is 0 Å². The maximum Gasteiger partial charge on any atom is 0.243 e. The molecule has 1 aromatic carbocycles. The van der Waals surface area contributed by atoms with Gasteiger partial charge in [-0.1, -0.05) is 18.6 Å². The molecule has 1 aliphatic heterocycles. The number of hydrogen-bond acceptors (Lipinski definition) is 4. The van der Waals surface area contributed by atoms with E-state index in [1.54, 1.807) is 28.6 Å². The van der Waals surface area contributed by atoms with Crippen LogP contribution < -0.4 is 10.6 Å². The molecule has 1 heterocycles. The lowest BCUT2D eigenvalue weighted by Crippen LogP contribution is -2.45. The first-order valence-electron chi connectivity index (χ1n) is 9.75. The molecule has 156 valence electrons. The molecule has 28 heavy (non-hydrogen) atoms. The first kappa shape index (κ1) is 22.4. The molecule has 0 bridgehead atoms. The Morgan fingerprint density at radius 1 is 1.00 bits per heavy atom. The Bertz CT molecular complexity index is 777.